The molecule has 0 saturated carbocycles. The number of nitrogens with two attached hydrogens (primary N) is 1. The van der Waals surface area contributed by atoms with E-state index in [4.69, 9.17) is 19.8 Å². The molecule has 0 spiro atoms. The SMILES string of the molecule is CCCCNc1nc(N)nc2ccc(Cc3ccc(CP(=O)(OCC)OCC)cc3)nc12. The number of nitrogens with zero attached hydrogens (tertiary/aromatic N) is 3. The lowest BCUT2D eigenvalue weighted by molar-refractivity contribution is 0.219. The standard InChI is InChI=1S/C23H32N5O3P/c1-4-7-14-25-22-21-20(27-23(24)28-22)13-12-19(26-21)15-17-8-10-18(11-9-17)16-32(29,30-5-2)31-6-3/h8-13H,4-7,14-16H2,1-3H3,(H3,24,25,27,28). The van der Waals surface area contributed by atoms with Gasteiger partial charge in [-0.25, -0.2) is 9.97 Å². The summed E-state index contributed by atoms with van der Waals surface area (Å²) in [5.74, 6) is 0.902. The van der Waals surface area contributed by atoms with E-state index in [9.17, 15) is 4.57 Å². The van der Waals surface area contributed by atoms with Gasteiger partial charge >= 0.3 is 7.60 Å². The van der Waals surface area contributed by atoms with Crippen molar-refractivity contribution in [3.63, 3.8) is 0 Å². The summed E-state index contributed by atoms with van der Waals surface area (Å²) < 4.78 is 23.5. The molecular formula is C23H32N5O3P. The van der Waals surface area contributed by atoms with Crippen LogP contribution in [-0.4, -0.2) is 34.7 Å². The summed E-state index contributed by atoms with van der Waals surface area (Å²) in [4.78, 5) is 13.4. The maximum absolute atomic E-state index is 12.8. The minimum absolute atomic E-state index is 0.234. The number of rotatable bonds is 12. The fraction of sp³-hybridized carbons (Fsp3) is 0.435. The zero-order chi connectivity index (χ0) is 23.0. The molecule has 0 atom stereocenters. The maximum Gasteiger partial charge on any atom is 0.335 e. The van der Waals surface area contributed by atoms with Crippen molar-refractivity contribution < 1.29 is 13.6 Å². The summed E-state index contributed by atoms with van der Waals surface area (Å²) in [6.45, 7) is 7.29. The minimum atomic E-state index is -3.12. The number of hydrogen-bond acceptors (Lipinski definition) is 8. The number of unbranched alkanes of at least 4 members (excludes halogenated alkanes) is 1. The molecule has 0 aliphatic rings. The summed E-state index contributed by atoms with van der Waals surface area (Å²) >= 11 is 0. The number of nitrogens with one attached hydrogen (secondary N) is 1. The predicted octanol–water partition coefficient (Wildman–Crippen LogP) is 5.18. The van der Waals surface area contributed by atoms with Gasteiger partial charge in [0.05, 0.1) is 24.9 Å². The summed E-state index contributed by atoms with van der Waals surface area (Å²) in [6.07, 6.45) is 3.04. The Morgan fingerprint density at radius 2 is 1.62 bits per heavy atom. The monoisotopic (exact) mass is 457 g/mol. The molecule has 172 valence electrons. The Bertz CT molecular complexity index is 1070. The van der Waals surface area contributed by atoms with Gasteiger partial charge < -0.3 is 20.1 Å². The Morgan fingerprint density at radius 1 is 0.938 bits per heavy atom. The first-order chi connectivity index (χ1) is 15.5. The van der Waals surface area contributed by atoms with E-state index in [1.54, 1.807) is 0 Å². The molecule has 0 radical (unpaired) electrons. The number of anilines is 2. The van der Waals surface area contributed by atoms with Crippen LogP contribution in [0.2, 0.25) is 0 Å². The van der Waals surface area contributed by atoms with E-state index in [0.717, 1.165) is 47.2 Å². The van der Waals surface area contributed by atoms with Crippen molar-refractivity contribution in [1.82, 2.24) is 15.0 Å². The molecule has 1 aromatic carbocycles. The van der Waals surface area contributed by atoms with Crippen molar-refractivity contribution in [2.45, 2.75) is 46.2 Å². The molecule has 3 rings (SSSR count). The molecule has 32 heavy (non-hydrogen) atoms. The van der Waals surface area contributed by atoms with Crippen LogP contribution in [0, 0.1) is 0 Å². The zero-order valence-corrected chi connectivity index (χ0v) is 19.9. The highest BCUT2D eigenvalue weighted by molar-refractivity contribution is 7.53. The highest BCUT2D eigenvalue weighted by Crippen LogP contribution is 2.51. The number of aromatic nitrogens is 3. The molecule has 0 unspecified atom stereocenters. The Kier molecular flexibility index (Phi) is 8.56. The molecule has 9 heteroatoms. The second kappa shape index (κ2) is 11.4. The van der Waals surface area contributed by atoms with Crippen LogP contribution in [0.4, 0.5) is 11.8 Å². The fourth-order valence-corrected chi connectivity index (χ4v) is 5.10. The van der Waals surface area contributed by atoms with Crippen LogP contribution in [0.15, 0.2) is 36.4 Å². The van der Waals surface area contributed by atoms with Crippen LogP contribution < -0.4 is 11.1 Å². The normalized spacial score (nSPS) is 11.7. The quantitative estimate of drug-likeness (QED) is 0.283. The minimum Gasteiger partial charge on any atom is -0.368 e. The van der Waals surface area contributed by atoms with Crippen molar-refractivity contribution in [1.29, 1.82) is 0 Å². The smallest absolute Gasteiger partial charge is 0.335 e. The van der Waals surface area contributed by atoms with Gasteiger partial charge in [-0.3, -0.25) is 4.57 Å². The van der Waals surface area contributed by atoms with Crippen molar-refractivity contribution in [2.75, 3.05) is 30.8 Å². The number of hydrogen-bond donors (Lipinski definition) is 2. The van der Waals surface area contributed by atoms with Gasteiger partial charge in [-0.1, -0.05) is 37.6 Å². The lowest BCUT2D eigenvalue weighted by atomic mass is 10.1. The lowest BCUT2D eigenvalue weighted by Crippen LogP contribution is -2.08. The van der Waals surface area contributed by atoms with Gasteiger partial charge in [0.15, 0.2) is 5.82 Å². The average molecular weight is 458 g/mol. The molecule has 3 aromatic rings. The second-order valence-corrected chi connectivity index (χ2v) is 9.53. The van der Waals surface area contributed by atoms with E-state index in [0.29, 0.717) is 25.5 Å². The van der Waals surface area contributed by atoms with Crippen LogP contribution in [0.25, 0.3) is 11.0 Å². The molecule has 2 aromatic heterocycles. The zero-order valence-electron chi connectivity index (χ0n) is 19.0. The molecule has 0 bridgehead atoms. The number of pyridine rings is 1. The van der Waals surface area contributed by atoms with Gasteiger partial charge in [0.25, 0.3) is 0 Å². The molecule has 0 saturated heterocycles. The summed E-state index contributed by atoms with van der Waals surface area (Å²) in [7, 11) is -3.12. The van der Waals surface area contributed by atoms with Crippen molar-refractivity contribution in [2.24, 2.45) is 0 Å². The molecule has 8 nitrogen and oxygen atoms in total. The van der Waals surface area contributed by atoms with Crippen LogP contribution in [0.1, 0.15) is 50.4 Å². The maximum atomic E-state index is 12.8. The van der Waals surface area contributed by atoms with Gasteiger partial charge in [0, 0.05) is 18.7 Å². The van der Waals surface area contributed by atoms with Gasteiger partial charge in [-0.05, 0) is 43.5 Å². The highest BCUT2D eigenvalue weighted by Gasteiger charge is 2.23. The molecule has 0 amide bonds. The molecule has 0 aliphatic carbocycles. The van der Waals surface area contributed by atoms with Gasteiger partial charge in [0.1, 0.15) is 5.52 Å². The van der Waals surface area contributed by atoms with Crippen LogP contribution in [0.5, 0.6) is 0 Å². The van der Waals surface area contributed by atoms with Gasteiger partial charge in [0.2, 0.25) is 5.95 Å². The number of nitrogen functional groups attached to an aromatic ring is 1. The van der Waals surface area contributed by atoms with E-state index < -0.39 is 7.60 Å². The average Bonchev–Trinajstić information content (AvgIpc) is 2.76. The third-order valence-electron chi connectivity index (χ3n) is 4.88. The lowest BCUT2D eigenvalue weighted by Gasteiger charge is -2.17. The van der Waals surface area contributed by atoms with Crippen LogP contribution in [-0.2, 0) is 26.2 Å². The van der Waals surface area contributed by atoms with Gasteiger partial charge in [-0.15, -0.1) is 0 Å². The molecule has 0 fully saturated rings. The van der Waals surface area contributed by atoms with Crippen LogP contribution >= 0.6 is 7.60 Å². The third kappa shape index (κ3) is 6.48. The highest BCUT2D eigenvalue weighted by atomic mass is 31.2. The predicted molar refractivity (Wildman–Crippen MR) is 129 cm³/mol. The van der Waals surface area contributed by atoms with E-state index in [1.165, 1.54) is 0 Å². The Morgan fingerprint density at radius 3 is 2.28 bits per heavy atom. The fourth-order valence-electron chi connectivity index (χ4n) is 3.40. The number of benzene rings is 1. The molecule has 2 heterocycles. The van der Waals surface area contributed by atoms with Crippen LogP contribution in [0.3, 0.4) is 0 Å². The summed E-state index contributed by atoms with van der Waals surface area (Å²) in [5.41, 5.74) is 10.2. The second-order valence-electron chi connectivity index (χ2n) is 7.48. The first kappa shape index (κ1) is 24.1. The van der Waals surface area contributed by atoms with E-state index >= 15 is 0 Å². The van der Waals surface area contributed by atoms with Crippen molar-refractivity contribution in [3.8, 4) is 0 Å². The summed E-state index contributed by atoms with van der Waals surface area (Å²) in [5, 5.41) is 3.33. The van der Waals surface area contributed by atoms with Crippen molar-refractivity contribution in [3.05, 3.63) is 53.2 Å². The Hall–Kier alpha value is -2.54. The molecular weight excluding hydrogens is 425 g/mol. The molecule has 0 aliphatic heterocycles. The summed E-state index contributed by atoms with van der Waals surface area (Å²) in [6, 6.07) is 11.8. The first-order valence-corrected chi connectivity index (χ1v) is 12.8. The van der Waals surface area contributed by atoms with E-state index in [2.05, 4.69) is 22.2 Å². The van der Waals surface area contributed by atoms with E-state index in [-0.39, 0.29) is 12.1 Å². The van der Waals surface area contributed by atoms with E-state index in [1.807, 2.05) is 50.2 Å². The van der Waals surface area contributed by atoms with Gasteiger partial charge in [-0.2, -0.15) is 4.98 Å². The Labute approximate surface area is 189 Å². The largest absolute Gasteiger partial charge is 0.368 e. The van der Waals surface area contributed by atoms with Crippen molar-refractivity contribution >= 4 is 30.4 Å². The third-order valence-corrected chi connectivity index (χ3v) is 6.93. The first-order valence-electron chi connectivity index (χ1n) is 11.1. The number of fused-ring (bicyclic) bond motifs is 1. The topological polar surface area (TPSA) is 112 Å². The molecule has 3 N–H and O–H groups in total. The Balaban J connectivity index is 1.76.